The van der Waals surface area contributed by atoms with Gasteiger partial charge in [0.05, 0.1) is 0 Å². The van der Waals surface area contributed by atoms with Crippen LogP contribution in [-0.2, 0) is 17.6 Å². The zero-order valence-corrected chi connectivity index (χ0v) is 10.5. The van der Waals surface area contributed by atoms with Crippen molar-refractivity contribution in [1.29, 1.82) is 0 Å². The Kier molecular flexibility index (Phi) is 5.51. The molecule has 0 aliphatic carbocycles. The van der Waals surface area contributed by atoms with Crippen LogP contribution in [0.2, 0.25) is 6.32 Å². The summed E-state index contributed by atoms with van der Waals surface area (Å²) in [5.74, 6) is 2.68. The van der Waals surface area contributed by atoms with Crippen LogP contribution in [0.3, 0.4) is 0 Å². The Morgan fingerprint density at radius 2 is 2.25 bits per heavy atom. The third-order valence-corrected chi connectivity index (χ3v) is 2.54. The fraction of sp³-hybridized carbons (Fsp3) is 0.538. The number of carbonyl (C=O) groups is 1. The van der Waals surface area contributed by atoms with E-state index in [1.165, 1.54) is 11.0 Å². The van der Waals surface area contributed by atoms with Gasteiger partial charge in [0.1, 0.15) is 0 Å². The van der Waals surface area contributed by atoms with Crippen molar-refractivity contribution in [2.75, 3.05) is 0 Å². The molecule has 83 valence electrons. The Bertz CT molecular complexity index is 348. The summed E-state index contributed by atoms with van der Waals surface area (Å²) >= 11 is 0. The Morgan fingerprint density at radius 1 is 1.50 bits per heavy atom. The minimum atomic E-state index is 0.235. The molecular formula is C13H19B2O. The van der Waals surface area contributed by atoms with Crippen molar-refractivity contribution in [3.63, 3.8) is 0 Å². The van der Waals surface area contributed by atoms with Crippen molar-refractivity contribution in [2.45, 2.75) is 39.9 Å². The van der Waals surface area contributed by atoms with Gasteiger partial charge in [-0.05, 0) is 0 Å². The summed E-state index contributed by atoms with van der Waals surface area (Å²) in [7, 11) is 1.77. The van der Waals surface area contributed by atoms with E-state index in [0.29, 0.717) is 12.3 Å². The van der Waals surface area contributed by atoms with E-state index in [2.05, 4.69) is 32.8 Å². The zero-order valence-electron chi connectivity index (χ0n) is 10.5. The van der Waals surface area contributed by atoms with Gasteiger partial charge < -0.3 is 0 Å². The van der Waals surface area contributed by atoms with Crippen molar-refractivity contribution in [3.8, 4) is 0 Å². The summed E-state index contributed by atoms with van der Waals surface area (Å²) < 4.78 is 0. The molecule has 0 aromatic carbocycles. The number of hydrogen-bond acceptors (Lipinski definition) is 1. The van der Waals surface area contributed by atoms with E-state index >= 15 is 0 Å². The van der Waals surface area contributed by atoms with Gasteiger partial charge in [0, 0.05) is 0 Å². The average Bonchev–Trinajstić information content (AvgIpc) is 2.20. The molecule has 1 heterocycles. The maximum atomic E-state index is 11.6. The number of carbonyl (C=O) groups excluding carboxylic acids is 1. The molecule has 16 heavy (non-hydrogen) atoms. The molecule has 1 radical (unpaired) electrons. The molecule has 0 amide bonds. The summed E-state index contributed by atoms with van der Waals surface area (Å²) in [6.45, 7) is 8.54. The van der Waals surface area contributed by atoms with Gasteiger partial charge in [-0.3, -0.25) is 0 Å². The molecule has 0 spiro atoms. The Balaban J connectivity index is 2.74. The first-order chi connectivity index (χ1) is 7.63. The first-order valence-corrected chi connectivity index (χ1v) is 6.06. The van der Waals surface area contributed by atoms with Crippen molar-refractivity contribution in [1.82, 2.24) is 0 Å². The van der Waals surface area contributed by atoms with Gasteiger partial charge in [-0.15, -0.1) is 0 Å². The van der Waals surface area contributed by atoms with Gasteiger partial charge >= 0.3 is 99.6 Å². The van der Waals surface area contributed by atoms with E-state index in [1.54, 1.807) is 7.28 Å². The summed E-state index contributed by atoms with van der Waals surface area (Å²) in [6.07, 6.45) is 2.43. The summed E-state index contributed by atoms with van der Waals surface area (Å²) in [5.41, 5.74) is 2.74. The molecule has 0 aliphatic heterocycles. The second-order valence-electron chi connectivity index (χ2n) is 4.62. The van der Waals surface area contributed by atoms with Gasteiger partial charge in [0.15, 0.2) is 0 Å². The van der Waals surface area contributed by atoms with Crippen LogP contribution in [0, 0.1) is 5.92 Å². The molecule has 1 aromatic rings. The van der Waals surface area contributed by atoms with Crippen LogP contribution in [0.5, 0.6) is 0 Å². The zero-order chi connectivity index (χ0) is 12.0. The minimum absolute atomic E-state index is 0.235. The van der Waals surface area contributed by atoms with Crippen LogP contribution >= 0.6 is 0 Å². The summed E-state index contributed by atoms with van der Waals surface area (Å²) in [6, 6.07) is 4.08. The summed E-state index contributed by atoms with van der Waals surface area (Å²) in [5, 5.41) is 0. The van der Waals surface area contributed by atoms with Crippen LogP contribution in [0.4, 0.5) is 0 Å². The molecular weight excluding hydrogens is 194 g/mol. The third-order valence-electron chi connectivity index (χ3n) is 2.54. The van der Waals surface area contributed by atoms with Gasteiger partial charge in [-0.2, -0.15) is 0 Å². The quantitative estimate of drug-likeness (QED) is 0.663. The van der Waals surface area contributed by atoms with Gasteiger partial charge in [0.25, 0.3) is 0 Å². The van der Waals surface area contributed by atoms with E-state index in [9.17, 15) is 4.79 Å². The first-order valence-electron chi connectivity index (χ1n) is 6.06. The second-order valence-corrected chi connectivity index (χ2v) is 4.62. The fourth-order valence-corrected chi connectivity index (χ4v) is 1.86. The predicted molar refractivity (Wildman–Crippen MR) is 71.3 cm³/mol. The molecule has 1 nitrogen and oxygen atoms in total. The SMILES string of the molecule is CC[B]C(=O)Cc1cccbc1CC(C)C. The fourth-order valence-electron chi connectivity index (χ4n) is 1.86. The number of hydrogen-bond donors (Lipinski definition) is 0. The molecule has 0 aliphatic rings. The normalized spacial score (nSPS) is 10.2. The Hall–Kier alpha value is -0.850. The standard InChI is InChI=1S/C13H19B2O/c1-4-14-13(16)9-11-6-5-7-15-12(11)8-10(2)3/h5-7,10H,4,8-9H2,1-3H3. The van der Waals surface area contributed by atoms with E-state index in [4.69, 9.17) is 0 Å². The average molecular weight is 213 g/mol. The summed E-state index contributed by atoms with van der Waals surface area (Å²) in [4.78, 5) is 11.6. The van der Waals surface area contributed by atoms with Crippen LogP contribution in [0.1, 0.15) is 31.8 Å². The monoisotopic (exact) mass is 213 g/mol. The molecule has 0 atom stereocenters. The van der Waals surface area contributed by atoms with Crippen LogP contribution in [0.15, 0.2) is 18.1 Å². The Morgan fingerprint density at radius 3 is 2.88 bits per heavy atom. The van der Waals surface area contributed by atoms with E-state index < -0.39 is 0 Å². The molecule has 3 heteroatoms. The number of rotatable bonds is 6. The van der Waals surface area contributed by atoms with Crippen molar-refractivity contribution in [2.24, 2.45) is 5.92 Å². The topological polar surface area (TPSA) is 17.1 Å². The van der Waals surface area contributed by atoms with Crippen molar-refractivity contribution < 1.29 is 4.79 Å². The van der Waals surface area contributed by atoms with Crippen molar-refractivity contribution >= 4 is 19.9 Å². The molecule has 0 saturated heterocycles. The molecule has 0 N–H and O–H groups in total. The molecule has 0 bridgehead atoms. The Labute approximate surface area is 100 Å². The van der Waals surface area contributed by atoms with E-state index in [-0.39, 0.29) is 5.68 Å². The predicted octanol–water partition coefficient (Wildman–Crippen LogP) is 2.43. The van der Waals surface area contributed by atoms with Crippen molar-refractivity contribution in [3.05, 3.63) is 29.1 Å². The molecule has 0 fully saturated rings. The first kappa shape index (κ1) is 13.2. The van der Waals surface area contributed by atoms with Gasteiger partial charge in [0.2, 0.25) is 0 Å². The molecule has 0 saturated carbocycles. The van der Waals surface area contributed by atoms with Crippen LogP contribution in [-0.4, -0.2) is 19.9 Å². The van der Waals surface area contributed by atoms with Crippen LogP contribution < -0.4 is 0 Å². The second kappa shape index (κ2) is 6.67. The maximum absolute atomic E-state index is 11.6. The molecule has 1 aromatic heterocycles. The van der Waals surface area contributed by atoms with Gasteiger partial charge in [-0.25, -0.2) is 0 Å². The van der Waals surface area contributed by atoms with E-state index in [1.807, 2.05) is 13.0 Å². The van der Waals surface area contributed by atoms with Crippen LogP contribution in [0.25, 0.3) is 0 Å². The van der Waals surface area contributed by atoms with Gasteiger partial charge in [-0.1, -0.05) is 0 Å². The van der Waals surface area contributed by atoms with E-state index in [0.717, 1.165) is 12.7 Å². The third kappa shape index (κ3) is 4.34. The molecule has 1 rings (SSSR count). The molecule has 0 unspecified atom stereocenters.